The second-order valence-corrected chi connectivity index (χ2v) is 4.93. The SMILES string of the molecule is CC1Cc2cccc(-c3ccc(N)cc3)c2C1=O. The zero-order valence-corrected chi connectivity index (χ0v) is 10.3. The number of fused-ring (bicyclic) bond motifs is 1. The van der Waals surface area contributed by atoms with Gasteiger partial charge in [-0.25, -0.2) is 0 Å². The topological polar surface area (TPSA) is 43.1 Å². The lowest BCUT2D eigenvalue weighted by molar-refractivity contribution is 0.0947. The first-order valence-corrected chi connectivity index (χ1v) is 6.19. The van der Waals surface area contributed by atoms with Crippen LogP contribution in [-0.2, 0) is 6.42 Å². The largest absolute Gasteiger partial charge is 0.399 e. The molecule has 2 heteroatoms. The number of ketones is 1. The molecule has 0 saturated heterocycles. The number of hydrogen-bond acceptors (Lipinski definition) is 2. The minimum atomic E-state index is 0.106. The van der Waals surface area contributed by atoms with Crippen LogP contribution in [0.2, 0.25) is 0 Å². The molecule has 18 heavy (non-hydrogen) atoms. The summed E-state index contributed by atoms with van der Waals surface area (Å²) in [5.41, 5.74) is 10.6. The molecule has 1 atom stereocenters. The number of nitrogen functional groups attached to an aromatic ring is 1. The zero-order valence-electron chi connectivity index (χ0n) is 10.3. The molecular formula is C16H15NO. The second kappa shape index (κ2) is 3.98. The summed E-state index contributed by atoms with van der Waals surface area (Å²) in [7, 11) is 0. The van der Waals surface area contributed by atoms with Crippen molar-refractivity contribution in [3.05, 3.63) is 53.6 Å². The summed E-state index contributed by atoms with van der Waals surface area (Å²) in [6.45, 7) is 2.00. The highest BCUT2D eigenvalue weighted by atomic mass is 16.1. The van der Waals surface area contributed by atoms with Gasteiger partial charge in [-0.1, -0.05) is 37.3 Å². The molecule has 1 aliphatic carbocycles. The predicted octanol–water partition coefficient (Wildman–Crippen LogP) is 3.31. The molecule has 2 nitrogen and oxygen atoms in total. The molecule has 0 saturated carbocycles. The van der Waals surface area contributed by atoms with Crippen LogP contribution in [0.25, 0.3) is 11.1 Å². The molecule has 0 radical (unpaired) electrons. The van der Waals surface area contributed by atoms with Crippen molar-refractivity contribution in [2.24, 2.45) is 5.92 Å². The van der Waals surface area contributed by atoms with Crippen molar-refractivity contribution in [1.82, 2.24) is 0 Å². The fourth-order valence-electron chi connectivity index (χ4n) is 2.63. The van der Waals surface area contributed by atoms with Gasteiger partial charge < -0.3 is 5.73 Å². The summed E-state index contributed by atoms with van der Waals surface area (Å²) in [5.74, 6) is 0.368. The molecule has 1 unspecified atom stereocenters. The maximum absolute atomic E-state index is 12.2. The lowest BCUT2D eigenvalue weighted by Gasteiger charge is -2.08. The van der Waals surface area contributed by atoms with E-state index in [1.165, 1.54) is 5.56 Å². The molecule has 0 aliphatic heterocycles. The fourth-order valence-corrected chi connectivity index (χ4v) is 2.63. The molecule has 0 fully saturated rings. The maximum atomic E-state index is 12.2. The van der Waals surface area contributed by atoms with E-state index in [1.54, 1.807) is 0 Å². The molecule has 0 heterocycles. The summed E-state index contributed by atoms with van der Waals surface area (Å²) in [5, 5.41) is 0. The van der Waals surface area contributed by atoms with E-state index in [0.717, 1.165) is 28.8 Å². The summed E-state index contributed by atoms with van der Waals surface area (Å²) < 4.78 is 0. The van der Waals surface area contributed by atoms with Crippen LogP contribution in [0.15, 0.2) is 42.5 Å². The van der Waals surface area contributed by atoms with E-state index in [2.05, 4.69) is 6.07 Å². The smallest absolute Gasteiger partial charge is 0.166 e. The van der Waals surface area contributed by atoms with E-state index < -0.39 is 0 Å². The van der Waals surface area contributed by atoms with Gasteiger partial charge >= 0.3 is 0 Å². The minimum Gasteiger partial charge on any atom is -0.399 e. The number of Topliss-reactive ketones (excluding diaryl/α,β-unsaturated/α-hetero) is 1. The Bertz CT molecular complexity index is 613. The van der Waals surface area contributed by atoms with Gasteiger partial charge in [-0.05, 0) is 35.2 Å². The normalized spacial score (nSPS) is 17.8. The van der Waals surface area contributed by atoms with Gasteiger partial charge in [0.05, 0.1) is 0 Å². The van der Waals surface area contributed by atoms with E-state index in [-0.39, 0.29) is 11.7 Å². The summed E-state index contributed by atoms with van der Waals surface area (Å²) in [6, 6.07) is 13.8. The molecule has 1 aliphatic rings. The number of carbonyl (C=O) groups excluding carboxylic acids is 1. The average Bonchev–Trinajstić information content (AvgIpc) is 2.66. The number of carbonyl (C=O) groups is 1. The lowest BCUT2D eigenvalue weighted by atomic mass is 9.96. The van der Waals surface area contributed by atoms with Gasteiger partial charge in [-0.3, -0.25) is 4.79 Å². The predicted molar refractivity (Wildman–Crippen MR) is 73.5 cm³/mol. The van der Waals surface area contributed by atoms with Crippen LogP contribution in [-0.4, -0.2) is 5.78 Å². The molecule has 0 bridgehead atoms. The molecule has 2 aromatic carbocycles. The highest BCUT2D eigenvalue weighted by molar-refractivity contribution is 6.07. The quantitative estimate of drug-likeness (QED) is 0.773. The van der Waals surface area contributed by atoms with Crippen molar-refractivity contribution < 1.29 is 4.79 Å². The third kappa shape index (κ3) is 1.61. The van der Waals surface area contributed by atoms with E-state index in [4.69, 9.17) is 5.73 Å². The minimum absolute atomic E-state index is 0.106. The molecule has 0 amide bonds. The zero-order chi connectivity index (χ0) is 12.7. The van der Waals surface area contributed by atoms with Crippen molar-refractivity contribution in [1.29, 1.82) is 0 Å². The fraction of sp³-hybridized carbons (Fsp3) is 0.188. The Hall–Kier alpha value is -2.09. The van der Waals surface area contributed by atoms with Crippen molar-refractivity contribution >= 4 is 11.5 Å². The highest BCUT2D eigenvalue weighted by Crippen LogP contribution is 2.34. The molecule has 0 aromatic heterocycles. The Morgan fingerprint density at radius 3 is 2.56 bits per heavy atom. The molecule has 3 rings (SSSR count). The van der Waals surface area contributed by atoms with Crippen LogP contribution in [0.1, 0.15) is 22.8 Å². The van der Waals surface area contributed by atoms with E-state index >= 15 is 0 Å². The van der Waals surface area contributed by atoms with Crippen LogP contribution in [0.5, 0.6) is 0 Å². The van der Waals surface area contributed by atoms with Gasteiger partial charge in [0.2, 0.25) is 0 Å². The van der Waals surface area contributed by atoms with Crippen LogP contribution >= 0.6 is 0 Å². The van der Waals surface area contributed by atoms with Crippen molar-refractivity contribution in [3.63, 3.8) is 0 Å². The highest BCUT2D eigenvalue weighted by Gasteiger charge is 2.29. The third-order valence-electron chi connectivity index (χ3n) is 3.59. The Morgan fingerprint density at radius 2 is 1.83 bits per heavy atom. The van der Waals surface area contributed by atoms with Gasteiger partial charge in [0, 0.05) is 17.2 Å². The lowest BCUT2D eigenvalue weighted by Crippen LogP contribution is -2.04. The molecular weight excluding hydrogens is 222 g/mol. The molecule has 2 N–H and O–H groups in total. The van der Waals surface area contributed by atoms with Gasteiger partial charge in [0.15, 0.2) is 5.78 Å². The van der Waals surface area contributed by atoms with Crippen LogP contribution in [0.4, 0.5) is 5.69 Å². The van der Waals surface area contributed by atoms with Gasteiger partial charge in [0.1, 0.15) is 0 Å². The van der Waals surface area contributed by atoms with Crippen LogP contribution < -0.4 is 5.73 Å². The van der Waals surface area contributed by atoms with Crippen molar-refractivity contribution in [3.8, 4) is 11.1 Å². The number of hydrogen-bond donors (Lipinski definition) is 1. The van der Waals surface area contributed by atoms with Crippen LogP contribution in [0.3, 0.4) is 0 Å². The molecule has 0 spiro atoms. The second-order valence-electron chi connectivity index (χ2n) is 4.93. The van der Waals surface area contributed by atoms with E-state index in [1.807, 2.05) is 43.3 Å². The van der Waals surface area contributed by atoms with E-state index in [0.29, 0.717) is 0 Å². The number of benzene rings is 2. The Balaban J connectivity index is 2.18. The maximum Gasteiger partial charge on any atom is 0.166 e. The summed E-state index contributed by atoms with van der Waals surface area (Å²) in [6.07, 6.45) is 0.858. The van der Waals surface area contributed by atoms with E-state index in [9.17, 15) is 4.79 Å². The molecule has 90 valence electrons. The van der Waals surface area contributed by atoms with Crippen molar-refractivity contribution in [2.75, 3.05) is 5.73 Å². The Labute approximate surface area is 106 Å². The first-order valence-electron chi connectivity index (χ1n) is 6.19. The Morgan fingerprint density at radius 1 is 1.11 bits per heavy atom. The van der Waals surface area contributed by atoms with Gasteiger partial charge in [0.25, 0.3) is 0 Å². The van der Waals surface area contributed by atoms with Gasteiger partial charge in [-0.15, -0.1) is 0 Å². The number of rotatable bonds is 1. The summed E-state index contributed by atoms with van der Waals surface area (Å²) >= 11 is 0. The van der Waals surface area contributed by atoms with Crippen molar-refractivity contribution in [2.45, 2.75) is 13.3 Å². The summed E-state index contributed by atoms with van der Waals surface area (Å²) in [4.78, 5) is 12.2. The first kappa shape index (κ1) is 11.0. The number of nitrogens with two attached hydrogens (primary N) is 1. The average molecular weight is 237 g/mol. The monoisotopic (exact) mass is 237 g/mol. The van der Waals surface area contributed by atoms with Gasteiger partial charge in [-0.2, -0.15) is 0 Å². The number of anilines is 1. The first-order chi connectivity index (χ1) is 8.66. The Kier molecular flexibility index (Phi) is 2.44. The standard InChI is InChI=1S/C16H15NO/c1-10-9-12-3-2-4-14(15(12)16(10)18)11-5-7-13(17)8-6-11/h2-8,10H,9,17H2,1H3. The van der Waals surface area contributed by atoms with Crippen LogP contribution in [0, 0.1) is 5.92 Å². The third-order valence-corrected chi connectivity index (χ3v) is 3.59. The molecule has 2 aromatic rings.